The van der Waals surface area contributed by atoms with Crippen molar-refractivity contribution in [1.29, 1.82) is 5.26 Å². The van der Waals surface area contributed by atoms with Crippen molar-refractivity contribution >= 4 is 17.6 Å². The number of rotatable bonds is 8. The van der Waals surface area contributed by atoms with E-state index in [0.717, 1.165) is 5.56 Å². The van der Waals surface area contributed by atoms with Crippen LogP contribution in [-0.2, 0) is 4.79 Å². The molecule has 3 N–H and O–H groups in total. The third kappa shape index (κ3) is 5.81. The Bertz CT molecular complexity index is 856. The van der Waals surface area contributed by atoms with Crippen molar-refractivity contribution in [2.45, 2.75) is 26.8 Å². The van der Waals surface area contributed by atoms with E-state index in [-0.39, 0.29) is 17.7 Å². The highest BCUT2D eigenvalue weighted by molar-refractivity contribution is 5.97. The van der Waals surface area contributed by atoms with Crippen molar-refractivity contribution < 1.29 is 9.59 Å². The van der Waals surface area contributed by atoms with Crippen LogP contribution in [0.15, 0.2) is 42.6 Å². The smallest absolute Gasteiger partial charge is 0.251 e. The molecule has 7 nitrogen and oxygen atoms in total. The van der Waals surface area contributed by atoms with Crippen LogP contribution in [0.1, 0.15) is 35.3 Å². The van der Waals surface area contributed by atoms with Gasteiger partial charge in [0.05, 0.1) is 5.56 Å². The van der Waals surface area contributed by atoms with Gasteiger partial charge >= 0.3 is 0 Å². The van der Waals surface area contributed by atoms with Crippen LogP contribution < -0.4 is 16.0 Å². The first-order valence-corrected chi connectivity index (χ1v) is 9.16. The lowest BCUT2D eigenvalue weighted by Gasteiger charge is -2.22. The van der Waals surface area contributed by atoms with Crippen LogP contribution in [0.4, 0.5) is 5.82 Å². The number of carbonyl (C=O) groups is 2. The quantitative estimate of drug-likeness (QED) is 0.610. The molecule has 0 aliphatic rings. The first-order chi connectivity index (χ1) is 13.4. The average molecular weight is 379 g/mol. The molecule has 2 aromatic rings. The third-order valence-electron chi connectivity index (χ3n) is 4.19. The molecule has 0 saturated heterocycles. The number of nitrogens with one attached hydrogen (secondary N) is 3. The predicted octanol–water partition coefficient (Wildman–Crippen LogP) is 2.24. The van der Waals surface area contributed by atoms with Gasteiger partial charge in [-0.2, -0.15) is 5.26 Å². The minimum atomic E-state index is -0.640. The lowest BCUT2D eigenvalue weighted by molar-refractivity contribution is -0.123. The summed E-state index contributed by atoms with van der Waals surface area (Å²) in [6, 6.07) is 12.0. The summed E-state index contributed by atoms with van der Waals surface area (Å²) < 4.78 is 0. The SMILES string of the molecule is Cc1ccc(C(=O)NC(C(=O)NCCNc2ncccc2C#N)C(C)C)cc1. The summed E-state index contributed by atoms with van der Waals surface area (Å²) in [6.45, 7) is 6.46. The number of hydrogen-bond donors (Lipinski definition) is 3. The van der Waals surface area contributed by atoms with Gasteiger partial charge in [-0.1, -0.05) is 31.5 Å². The van der Waals surface area contributed by atoms with E-state index in [2.05, 4.69) is 27.0 Å². The van der Waals surface area contributed by atoms with Crippen molar-refractivity contribution in [3.63, 3.8) is 0 Å². The summed E-state index contributed by atoms with van der Waals surface area (Å²) in [5, 5.41) is 17.7. The number of amides is 2. The number of hydrogen-bond acceptors (Lipinski definition) is 5. The predicted molar refractivity (Wildman–Crippen MR) is 108 cm³/mol. The van der Waals surface area contributed by atoms with Gasteiger partial charge in [0, 0.05) is 24.8 Å². The standard InChI is InChI=1S/C21H25N5O2/c1-14(2)18(26-20(27)16-8-6-15(3)7-9-16)21(28)25-12-11-24-19-17(13-22)5-4-10-23-19/h4-10,14,18H,11-12H2,1-3H3,(H,23,24)(H,25,28)(H,26,27). The van der Waals surface area contributed by atoms with Crippen molar-refractivity contribution in [3.8, 4) is 6.07 Å². The number of aromatic nitrogens is 1. The fraction of sp³-hybridized carbons (Fsp3) is 0.333. The molecular formula is C21H25N5O2. The van der Waals surface area contributed by atoms with E-state index in [1.807, 2.05) is 32.9 Å². The first kappa shape index (κ1) is 20.9. The molecule has 0 spiro atoms. The average Bonchev–Trinajstić information content (AvgIpc) is 2.69. The largest absolute Gasteiger partial charge is 0.367 e. The van der Waals surface area contributed by atoms with Gasteiger partial charge in [-0.15, -0.1) is 0 Å². The van der Waals surface area contributed by atoms with Crippen LogP contribution in [-0.4, -0.2) is 35.9 Å². The van der Waals surface area contributed by atoms with Gasteiger partial charge in [0.2, 0.25) is 5.91 Å². The zero-order valence-corrected chi connectivity index (χ0v) is 16.3. The molecule has 0 aliphatic heterocycles. The second kappa shape index (κ2) is 10.1. The van der Waals surface area contributed by atoms with E-state index in [9.17, 15) is 9.59 Å². The van der Waals surface area contributed by atoms with Gasteiger partial charge in [-0.3, -0.25) is 9.59 Å². The molecule has 0 saturated carbocycles. The fourth-order valence-corrected chi connectivity index (χ4v) is 2.58. The molecule has 7 heteroatoms. The minimum absolute atomic E-state index is 0.0664. The number of benzene rings is 1. The molecular weight excluding hydrogens is 354 g/mol. The Morgan fingerprint density at radius 3 is 2.50 bits per heavy atom. The third-order valence-corrected chi connectivity index (χ3v) is 4.19. The van der Waals surface area contributed by atoms with Crippen LogP contribution in [0.3, 0.4) is 0 Å². The Morgan fingerprint density at radius 1 is 1.14 bits per heavy atom. The molecule has 0 fully saturated rings. The van der Waals surface area contributed by atoms with Crippen molar-refractivity contribution in [2.75, 3.05) is 18.4 Å². The molecule has 2 amide bonds. The van der Waals surface area contributed by atoms with Gasteiger partial charge in [-0.25, -0.2) is 4.98 Å². The molecule has 1 aromatic heterocycles. The number of anilines is 1. The number of nitrogens with zero attached hydrogens (tertiary/aromatic N) is 2. The van der Waals surface area contributed by atoms with E-state index in [4.69, 9.17) is 5.26 Å². The number of pyridine rings is 1. The summed E-state index contributed by atoms with van der Waals surface area (Å²) in [5.74, 6) is -0.117. The normalized spacial score (nSPS) is 11.4. The maximum absolute atomic E-state index is 12.5. The number of nitriles is 1. The molecule has 2 rings (SSSR count). The molecule has 1 heterocycles. The summed E-state index contributed by atoms with van der Waals surface area (Å²) in [5.41, 5.74) is 2.03. The monoisotopic (exact) mass is 379 g/mol. The van der Waals surface area contributed by atoms with Gasteiger partial charge in [-0.05, 0) is 37.1 Å². The van der Waals surface area contributed by atoms with Crippen molar-refractivity contribution in [2.24, 2.45) is 5.92 Å². The molecule has 1 aromatic carbocycles. The lowest BCUT2D eigenvalue weighted by atomic mass is 10.0. The van der Waals surface area contributed by atoms with Gasteiger partial charge in [0.25, 0.3) is 5.91 Å². The van der Waals surface area contributed by atoms with Gasteiger partial charge in [0.1, 0.15) is 17.9 Å². The zero-order valence-electron chi connectivity index (χ0n) is 16.3. The van der Waals surface area contributed by atoms with Crippen molar-refractivity contribution in [3.05, 3.63) is 59.3 Å². The first-order valence-electron chi connectivity index (χ1n) is 9.16. The Labute approximate surface area is 165 Å². The van der Waals surface area contributed by atoms with Crippen LogP contribution in [0.25, 0.3) is 0 Å². The molecule has 146 valence electrons. The number of aryl methyl sites for hydroxylation is 1. The number of carbonyl (C=O) groups excluding carboxylic acids is 2. The molecule has 0 aliphatic carbocycles. The van der Waals surface area contributed by atoms with E-state index >= 15 is 0 Å². The van der Waals surface area contributed by atoms with Crippen LogP contribution >= 0.6 is 0 Å². The van der Waals surface area contributed by atoms with E-state index < -0.39 is 6.04 Å². The fourth-order valence-electron chi connectivity index (χ4n) is 2.58. The molecule has 0 bridgehead atoms. The second-order valence-corrected chi connectivity index (χ2v) is 6.79. The highest BCUT2D eigenvalue weighted by Crippen LogP contribution is 2.09. The summed E-state index contributed by atoms with van der Waals surface area (Å²) in [4.78, 5) is 29.0. The maximum Gasteiger partial charge on any atom is 0.251 e. The molecule has 0 radical (unpaired) electrons. The summed E-state index contributed by atoms with van der Waals surface area (Å²) in [6.07, 6.45) is 1.59. The molecule has 1 atom stereocenters. The van der Waals surface area contributed by atoms with E-state index in [0.29, 0.717) is 30.0 Å². The van der Waals surface area contributed by atoms with E-state index in [1.165, 1.54) is 0 Å². The summed E-state index contributed by atoms with van der Waals surface area (Å²) >= 11 is 0. The Kier molecular flexibility index (Phi) is 7.52. The Morgan fingerprint density at radius 2 is 1.86 bits per heavy atom. The Balaban J connectivity index is 1.87. The minimum Gasteiger partial charge on any atom is -0.367 e. The lowest BCUT2D eigenvalue weighted by Crippen LogP contribution is -2.50. The maximum atomic E-state index is 12.5. The molecule has 28 heavy (non-hydrogen) atoms. The summed E-state index contributed by atoms with van der Waals surface area (Å²) in [7, 11) is 0. The highest BCUT2D eigenvalue weighted by atomic mass is 16.2. The Hall–Kier alpha value is -3.40. The van der Waals surface area contributed by atoms with Crippen molar-refractivity contribution in [1.82, 2.24) is 15.6 Å². The van der Waals surface area contributed by atoms with Crippen LogP contribution in [0.5, 0.6) is 0 Å². The second-order valence-electron chi connectivity index (χ2n) is 6.79. The van der Waals surface area contributed by atoms with Gasteiger partial charge < -0.3 is 16.0 Å². The highest BCUT2D eigenvalue weighted by Gasteiger charge is 2.24. The van der Waals surface area contributed by atoms with Crippen LogP contribution in [0, 0.1) is 24.2 Å². The topological polar surface area (TPSA) is 107 Å². The molecule has 1 unspecified atom stereocenters. The van der Waals surface area contributed by atoms with Gasteiger partial charge in [0.15, 0.2) is 0 Å². The van der Waals surface area contributed by atoms with Crippen LogP contribution in [0.2, 0.25) is 0 Å². The van der Waals surface area contributed by atoms with E-state index in [1.54, 1.807) is 30.5 Å². The zero-order chi connectivity index (χ0) is 20.5.